The highest BCUT2D eigenvalue weighted by atomic mass is 16.2. The number of piperidine rings is 1. The zero-order chi connectivity index (χ0) is 21.4. The third kappa shape index (κ3) is 3.66. The number of carbonyl (C=O) groups is 1. The smallest absolute Gasteiger partial charge is 0.250 e. The predicted octanol–water partition coefficient (Wildman–Crippen LogP) is 2.56. The predicted molar refractivity (Wildman–Crippen MR) is 115 cm³/mol. The fraction of sp³-hybridized carbons (Fsp3) is 0.435. The van der Waals surface area contributed by atoms with Crippen LogP contribution in [0.15, 0.2) is 47.5 Å². The van der Waals surface area contributed by atoms with Gasteiger partial charge >= 0.3 is 0 Å². The van der Waals surface area contributed by atoms with E-state index < -0.39 is 0 Å². The summed E-state index contributed by atoms with van der Waals surface area (Å²) in [7, 11) is 0. The van der Waals surface area contributed by atoms with Gasteiger partial charge in [0.05, 0.1) is 6.42 Å². The Morgan fingerprint density at radius 2 is 2.03 bits per heavy atom. The average Bonchev–Trinajstić information content (AvgIpc) is 3.26. The number of carbonyl (C=O) groups excluding carboxylic acids is 1. The molecule has 2 aliphatic heterocycles. The molecule has 0 unspecified atom stereocenters. The monoisotopic (exact) mass is 418 g/mol. The van der Waals surface area contributed by atoms with Crippen LogP contribution in [-0.2, 0) is 11.2 Å². The van der Waals surface area contributed by atoms with E-state index in [1.807, 2.05) is 27.7 Å². The number of pyridine rings is 2. The third-order valence-electron chi connectivity index (χ3n) is 6.52. The van der Waals surface area contributed by atoms with Crippen molar-refractivity contribution in [3.8, 4) is 11.4 Å². The van der Waals surface area contributed by atoms with Gasteiger partial charge in [-0.2, -0.15) is 5.10 Å². The van der Waals surface area contributed by atoms with Crippen LogP contribution < -0.4 is 5.56 Å². The summed E-state index contributed by atoms with van der Waals surface area (Å²) in [6.07, 6.45) is 6.58. The molecule has 3 aromatic heterocycles. The van der Waals surface area contributed by atoms with Gasteiger partial charge in [-0.15, -0.1) is 0 Å². The second-order valence-corrected chi connectivity index (χ2v) is 8.52. The molecule has 8 heteroatoms. The molecule has 0 aromatic carbocycles. The molecule has 2 aliphatic rings. The van der Waals surface area contributed by atoms with Crippen molar-refractivity contribution in [3.63, 3.8) is 0 Å². The van der Waals surface area contributed by atoms with Crippen molar-refractivity contribution in [3.05, 3.63) is 64.6 Å². The van der Waals surface area contributed by atoms with Gasteiger partial charge in [-0.1, -0.05) is 19.4 Å². The minimum Gasteiger partial charge on any atom is -0.341 e. The van der Waals surface area contributed by atoms with Crippen molar-refractivity contribution in [2.24, 2.45) is 5.92 Å². The lowest BCUT2D eigenvalue weighted by Gasteiger charge is -2.47. The van der Waals surface area contributed by atoms with E-state index in [1.54, 1.807) is 18.5 Å². The van der Waals surface area contributed by atoms with Crippen LogP contribution in [0.2, 0.25) is 0 Å². The van der Waals surface area contributed by atoms with Gasteiger partial charge in [0.2, 0.25) is 5.91 Å². The van der Waals surface area contributed by atoms with Gasteiger partial charge in [0.25, 0.3) is 5.56 Å². The summed E-state index contributed by atoms with van der Waals surface area (Å²) in [6, 6.07) is 9.38. The second kappa shape index (κ2) is 8.09. The number of amides is 1. The molecular weight excluding hydrogens is 392 g/mol. The largest absolute Gasteiger partial charge is 0.341 e. The summed E-state index contributed by atoms with van der Waals surface area (Å²) in [5.74, 6) is 1.68. The highest BCUT2D eigenvalue weighted by Gasteiger charge is 2.41. The number of fused-ring (bicyclic) bond motifs is 4. The Morgan fingerprint density at radius 1 is 1.19 bits per heavy atom. The normalized spacial score (nSPS) is 22.2. The van der Waals surface area contributed by atoms with Crippen LogP contribution in [0.4, 0.5) is 0 Å². The molecule has 160 valence electrons. The summed E-state index contributed by atoms with van der Waals surface area (Å²) < 4.78 is 2.00. The Kier molecular flexibility index (Phi) is 5.13. The number of hydrogen-bond donors (Lipinski definition) is 1. The Morgan fingerprint density at radius 3 is 2.84 bits per heavy atom. The van der Waals surface area contributed by atoms with Gasteiger partial charge < -0.3 is 9.47 Å². The molecule has 3 atom stereocenters. The van der Waals surface area contributed by atoms with Crippen molar-refractivity contribution in [2.45, 2.75) is 44.6 Å². The van der Waals surface area contributed by atoms with Crippen molar-refractivity contribution < 1.29 is 4.79 Å². The van der Waals surface area contributed by atoms with Crippen LogP contribution in [-0.4, -0.2) is 48.6 Å². The topological polar surface area (TPSA) is 96.8 Å². The lowest BCUT2D eigenvalue weighted by Crippen LogP contribution is -2.51. The minimum atomic E-state index is 0.0501. The van der Waals surface area contributed by atoms with E-state index in [2.05, 4.69) is 33.2 Å². The fourth-order valence-corrected chi connectivity index (χ4v) is 5.17. The third-order valence-corrected chi connectivity index (χ3v) is 6.52. The van der Waals surface area contributed by atoms with Crippen LogP contribution in [0.25, 0.3) is 11.4 Å². The molecule has 5 heterocycles. The Labute approximate surface area is 180 Å². The Hall–Kier alpha value is -3.29. The van der Waals surface area contributed by atoms with Gasteiger partial charge in [0, 0.05) is 54.8 Å². The molecule has 1 fully saturated rings. The van der Waals surface area contributed by atoms with E-state index in [9.17, 15) is 9.59 Å². The highest BCUT2D eigenvalue weighted by molar-refractivity contribution is 5.78. The number of rotatable bonds is 5. The van der Waals surface area contributed by atoms with Crippen LogP contribution in [0.1, 0.15) is 49.7 Å². The number of nitrogens with one attached hydrogen (secondary N) is 1. The maximum Gasteiger partial charge on any atom is 0.250 e. The zero-order valence-electron chi connectivity index (χ0n) is 17.6. The Bertz CT molecular complexity index is 1140. The van der Waals surface area contributed by atoms with E-state index in [0.717, 1.165) is 30.5 Å². The molecule has 1 amide bonds. The van der Waals surface area contributed by atoms with E-state index in [0.29, 0.717) is 30.7 Å². The number of H-pyrrole nitrogens is 1. The van der Waals surface area contributed by atoms with Crippen LogP contribution in [0.3, 0.4) is 0 Å². The first-order chi connectivity index (χ1) is 15.1. The Balaban J connectivity index is 1.35. The summed E-state index contributed by atoms with van der Waals surface area (Å²) in [5, 5.41) is 7.15. The molecule has 5 rings (SSSR count). The number of hydrogen-bond acceptors (Lipinski definition) is 5. The molecule has 0 spiro atoms. The first-order valence-corrected chi connectivity index (χ1v) is 10.9. The van der Waals surface area contributed by atoms with E-state index in [1.165, 1.54) is 0 Å². The fourth-order valence-electron chi connectivity index (χ4n) is 5.17. The maximum absolute atomic E-state index is 13.1. The molecule has 0 radical (unpaired) electrons. The number of aromatic amines is 1. The van der Waals surface area contributed by atoms with Crippen molar-refractivity contribution >= 4 is 5.91 Å². The van der Waals surface area contributed by atoms with Crippen LogP contribution in [0.5, 0.6) is 0 Å². The maximum atomic E-state index is 13.1. The molecule has 1 N–H and O–H groups in total. The van der Waals surface area contributed by atoms with Gasteiger partial charge in [-0.05, 0) is 37.0 Å². The lowest BCUT2D eigenvalue weighted by atomic mass is 9.77. The van der Waals surface area contributed by atoms with Crippen molar-refractivity contribution in [1.82, 2.24) is 29.6 Å². The summed E-state index contributed by atoms with van der Waals surface area (Å²) >= 11 is 0. The van der Waals surface area contributed by atoms with Crippen molar-refractivity contribution in [2.75, 3.05) is 13.1 Å². The van der Waals surface area contributed by atoms with Crippen LogP contribution >= 0.6 is 0 Å². The summed E-state index contributed by atoms with van der Waals surface area (Å²) in [6.45, 7) is 3.48. The SMILES string of the molecule is CCC[C@H]1[C@H]2C[C@H](CN(C(=O)Cc3nc(-c4ccncc4)n[nH]3)C2)c2cccc(=O)n21. The lowest BCUT2D eigenvalue weighted by molar-refractivity contribution is -0.133. The van der Waals surface area contributed by atoms with Gasteiger partial charge in [-0.25, -0.2) is 4.98 Å². The average molecular weight is 419 g/mol. The summed E-state index contributed by atoms with van der Waals surface area (Å²) in [4.78, 5) is 36.2. The standard InChI is InChI=1S/C23H26N6O2/c1-2-4-18-16-11-17(19-5-3-6-21(30)29(18)19)14-28(13-16)22(31)12-20-25-23(27-26-20)15-7-9-24-10-8-15/h3,5-10,16-18H,2,4,11-14H2,1H3,(H,25,26,27)/t16-,17+,18-/m0/s1. The quantitative estimate of drug-likeness (QED) is 0.687. The molecule has 0 aliphatic carbocycles. The second-order valence-electron chi connectivity index (χ2n) is 8.52. The first kappa shape index (κ1) is 19.7. The zero-order valence-corrected chi connectivity index (χ0v) is 17.6. The minimum absolute atomic E-state index is 0.0501. The highest BCUT2D eigenvalue weighted by Crippen LogP contribution is 2.42. The molecular formula is C23H26N6O2. The molecule has 1 saturated heterocycles. The number of likely N-dealkylation sites (tertiary alicyclic amines) is 1. The van der Waals surface area contributed by atoms with Gasteiger partial charge in [-0.3, -0.25) is 19.7 Å². The van der Waals surface area contributed by atoms with Gasteiger partial charge in [0.1, 0.15) is 5.82 Å². The molecule has 0 saturated carbocycles. The molecule has 3 aromatic rings. The molecule has 2 bridgehead atoms. The first-order valence-electron chi connectivity index (χ1n) is 10.9. The van der Waals surface area contributed by atoms with E-state index in [-0.39, 0.29) is 29.8 Å². The van der Waals surface area contributed by atoms with E-state index >= 15 is 0 Å². The number of aromatic nitrogens is 5. The van der Waals surface area contributed by atoms with Crippen molar-refractivity contribution in [1.29, 1.82) is 0 Å². The summed E-state index contributed by atoms with van der Waals surface area (Å²) in [5.41, 5.74) is 2.01. The van der Waals surface area contributed by atoms with Crippen LogP contribution in [0, 0.1) is 5.92 Å². The van der Waals surface area contributed by atoms with E-state index in [4.69, 9.17) is 0 Å². The molecule has 31 heavy (non-hydrogen) atoms. The molecule has 8 nitrogen and oxygen atoms in total. The van der Waals surface area contributed by atoms with Gasteiger partial charge in [0.15, 0.2) is 5.82 Å². The number of nitrogens with zero attached hydrogens (tertiary/aromatic N) is 5.